The topological polar surface area (TPSA) is 79.3 Å². The van der Waals surface area contributed by atoms with Crippen molar-refractivity contribution in [2.24, 2.45) is 0 Å². The molecule has 198 valence electrons. The SMILES string of the molecule is O=S(=O)(c1ccc(OC(F)(F)F)cc1)N(Cc1ccc(O)cc1)c1ccc(OCCN2CCCC2)cc1. The predicted octanol–water partition coefficient (Wildman–Crippen LogP) is 5.16. The summed E-state index contributed by atoms with van der Waals surface area (Å²) in [6.07, 6.45) is -2.50. The molecule has 37 heavy (non-hydrogen) atoms. The maximum absolute atomic E-state index is 13.6. The van der Waals surface area contributed by atoms with Crippen LogP contribution in [0, 0.1) is 0 Å². The van der Waals surface area contributed by atoms with Crippen molar-refractivity contribution in [3.63, 3.8) is 0 Å². The van der Waals surface area contributed by atoms with Crippen molar-refractivity contribution in [2.45, 2.75) is 30.6 Å². The average molecular weight is 537 g/mol. The molecule has 1 aliphatic heterocycles. The third-order valence-electron chi connectivity index (χ3n) is 5.91. The van der Waals surface area contributed by atoms with E-state index in [9.17, 15) is 26.7 Å². The Balaban J connectivity index is 1.55. The quantitative estimate of drug-likeness (QED) is 0.386. The minimum absolute atomic E-state index is 0.0360. The van der Waals surface area contributed by atoms with Gasteiger partial charge in [-0.2, -0.15) is 0 Å². The highest BCUT2D eigenvalue weighted by Gasteiger charge is 2.31. The van der Waals surface area contributed by atoms with Crippen molar-refractivity contribution < 1.29 is 36.2 Å². The molecule has 3 aromatic rings. The van der Waals surface area contributed by atoms with Crippen molar-refractivity contribution >= 4 is 15.7 Å². The highest BCUT2D eigenvalue weighted by atomic mass is 32.2. The molecule has 1 aliphatic rings. The van der Waals surface area contributed by atoms with Crippen LogP contribution in [0.1, 0.15) is 18.4 Å². The molecule has 4 rings (SSSR count). The fraction of sp³-hybridized carbons (Fsp3) is 0.308. The predicted molar refractivity (Wildman–Crippen MR) is 132 cm³/mol. The van der Waals surface area contributed by atoms with Gasteiger partial charge in [-0.3, -0.25) is 9.21 Å². The second-order valence-electron chi connectivity index (χ2n) is 8.59. The van der Waals surface area contributed by atoms with E-state index in [1.807, 2.05) is 0 Å². The third kappa shape index (κ3) is 7.30. The molecule has 7 nitrogen and oxygen atoms in total. The first-order chi connectivity index (χ1) is 17.6. The molecule has 11 heteroatoms. The molecule has 1 N–H and O–H groups in total. The number of hydrogen-bond acceptors (Lipinski definition) is 6. The minimum atomic E-state index is -4.89. The number of alkyl halides is 3. The Hall–Kier alpha value is -3.44. The number of likely N-dealkylation sites (tertiary alicyclic amines) is 1. The van der Waals surface area contributed by atoms with Crippen molar-refractivity contribution in [1.29, 1.82) is 0 Å². The molecule has 1 saturated heterocycles. The van der Waals surface area contributed by atoms with Crippen LogP contribution in [0.4, 0.5) is 18.9 Å². The van der Waals surface area contributed by atoms with Gasteiger partial charge in [0.05, 0.1) is 17.1 Å². The van der Waals surface area contributed by atoms with Crippen LogP contribution in [0.25, 0.3) is 0 Å². The zero-order valence-corrected chi connectivity index (χ0v) is 20.7. The van der Waals surface area contributed by atoms with Crippen molar-refractivity contribution in [3.8, 4) is 17.2 Å². The van der Waals surface area contributed by atoms with Crippen molar-refractivity contribution in [2.75, 3.05) is 30.5 Å². The summed E-state index contributed by atoms with van der Waals surface area (Å²) in [6, 6.07) is 16.7. The number of nitrogens with zero attached hydrogens (tertiary/aromatic N) is 2. The summed E-state index contributed by atoms with van der Waals surface area (Å²) in [7, 11) is -4.18. The van der Waals surface area contributed by atoms with E-state index in [1.54, 1.807) is 36.4 Å². The molecule has 0 unspecified atom stereocenters. The van der Waals surface area contributed by atoms with Crippen molar-refractivity contribution in [3.05, 3.63) is 78.4 Å². The summed E-state index contributed by atoms with van der Waals surface area (Å²) in [5.41, 5.74) is 0.944. The van der Waals surface area contributed by atoms with E-state index in [1.165, 1.54) is 25.0 Å². The van der Waals surface area contributed by atoms with Gasteiger partial charge in [0.1, 0.15) is 23.9 Å². The molecular formula is C26H27F3N2O5S. The lowest BCUT2D eigenvalue weighted by molar-refractivity contribution is -0.274. The number of benzene rings is 3. The van der Waals surface area contributed by atoms with E-state index in [-0.39, 0.29) is 17.2 Å². The first-order valence-corrected chi connectivity index (χ1v) is 13.2. The number of halogens is 3. The minimum Gasteiger partial charge on any atom is -0.508 e. The normalized spacial score (nSPS) is 14.5. The van der Waals surface area contributed by atoms with Gasteiger partial charge >= 0.3 is 6.36 Å². The summed E-state index contributed by atoms with van der Waals surface area (Å²) in [4.78, 5) is 2.12. The molecular weight excluding hydrogens is 509 g/mol. The van der Waals surface area contributed by atoms with Gasteiger partial charge in [0.15, 0.2) is 0 Å². The summed E-state index contributed by atoms with van der Waals surface area (Å²) in [5, 5.41) is 9.58. The number of hydrogen-bond donors (Lipinski definition) is 1. The Morgan fingerprint density at radius 3 is 2.05 bits per heavy atom. The summed E-state index contributed by atoms with van der Waals surface area (Å²) in [6.45, 7) is 3.39. The fourth-order valence-corrected chi connectivity index (χ4v) is 5.48. The Kier molecular flexibility index (Phi) is 8.13. The number of phenols is 1. The molecule has 1 fully saturated rings. The van der Waals surface area contributed by atoms with Gasteiger partial charge in [-0.15, -0.1) is 13.2 Å². The maximum Gasteiger partial charge on any atom is 0.573 e. The van der Waals surface area contributed by atoms with Gasteiger partial charge in [0, 0.05) is 6.54 Å². The van der Waals surface area contributed by atoms with E-state index in [4.69, 9.17) is 4.74 Å². The molecule has 0 amide bonds. The second-order valence-corrected chi connectivity index (χ2v) is 10.5. The van der Waals surface area contributed by atoms with Gasteiger partial charge in [-0.05, 0) is 92.2 Å². The Morgan fingerprint density at radius 2 is 1.46 bits per heavy atom. The van der Waals surface area contributed by atoms with Crippen LogP contribution >= 0.6 is 0 Å². The van der Waals surface area contributed by atoms with E-state index in [0.717, 1.165) is 48.2 Å². The zero-order valence-electron chi connectivity index (χ0n) is 19.9. The molecule has 0 spiro atoms. The number of aromatic hydroxyl groups is 1. The van der Waals surface area contributed by atoms with Gasteiger partial charge in [-0.1, -0.05) is 12.1 Å². The van der Waals surface area contributed by atoms with Gasteiger partial charge in [0.2, 0.25) is 0 Å². The molecule has 3 aromatic carbocycles. The Bertz CT molecular complexity index is 1260. The van der Waals surface area contributed by atoms with Crippen LogP contribution in [-0.2, 0) is 16.6 Å². The van der Waals surface area contributed by atoms with Crippen LogP contribution < -0.4 is 13.8 Å². The average Bonchev–Trinajstić information content (AvgIpc) is 3.37. The molecule has 0 radical (unpaired) electrons. The Morgan fingerprint density at radius 1 is 0.865 bits per heavy atom. The number of ether oxygens (including phenoxy) is 2. The molecule has 1 heterocycles. The van der Waals surface area contributed by atoms with Crippen LogP contribution in [0.15, 0.2) is 77.7 Å². The Labute approximate surface area is 213 Å². The lowest BCUT2D eigenvalue weighted by Gasteiger charge is -2.25. The highest BCUT2D eigenvalue weighted by Crippen LogP contribution is 2.30. The number of rotatable bonds is 10. The van der Waals surface area contributed by atoms with E-state index in [0.29, 0.717) is 23.6 Å². The summed E-state index contributed by atoms with van der Waals surface area (Å²) < 4.78 is 75.5. The largest absolute Gasteiger partial charge is 0.573 e. The van der Waals surface area contributed by atoms with Crippen LogP contribution in [0.3, 0.4) is 0 Å². The molecule has 0 bridgehead atoms. The summed E-state index contributed by atoms with van der Waals surface area (Å²) in [5.74, 6) is 0.111. The summed E-state index contributed by atoms with van der Waals surface area (Å²) >= 11 is 0. The third-order valence-corrected chi connectivity index (χ3v) is 7.70. The molecule has 0 atom stereocenters. The first kappa shape index (κ1) is 26.6. The van der Waals surface area contributed by atoms with Crippen LogP contribution in [-0.4, -0.2) is 51.0 Å². The fourth-order valence-electron chi connectivity index (χ4n) is 4.03. The number of phenolic OH excluding ortho intramolecular Hbond substituents is 1. The van der Waals surface area contributed by atoms with Crippen LogP contribution in [0.5, 0.6) is 17.2 Å². The first-order valence-electron chi connectivity index (χ1n) is 11.7. The molecule has 0 saturated carbocycles. The standard InChI is InChI=1S/C26H27F3N2O5S/c27-26(28,29)36-24-11-13-25(14-12-24)37(33,34)31(19-20-3-7-22(32)8-4-20)21-5-9-23(10-6-21)35-18-17-30-15-1-2-16-30/h3-14,32H,1-2,15-19H2. The van der Waals surface area contributed by atoms with E-state index < -0.39 is 22.1 Å². The number of anilines is 1. The molecule has 0 aliphatic carbocycles. The highest BCUT2D eigenvalue weighted by molar-refractivity contribution is 7.92. The van der Waals surface area contributed by atoms with Crippen LogP contribution in [0.2, 0.25) is 0 Å². The van der Waals surface area contributed by atoms with Crippen molar-refractivity contribution in [1.82, 2.24) is 4.90 Å². The lowest BCUT2D eigenvalue weighted by Crippen LogP contribution is -2.30. The van der Waals surface area contributed by atoms with Gasteiger partial charge < -0.3 is 14.6 Å². The van der Waals surface area contributed by atoms with E-state index in [2.05, 4.69) is 9.64 Å². The maximum atomic E-state index is 13.6. The monoisotopic (exact) mass is 536 g/mol. The van der Waals surface area contributed by atoms with Gasteiger partial charge in [0.25, 0.3) is 10.0 Å². The zero-order chi connectivity index (χ0) is 26.5. The lowest BCUT2D eigenvalue weighted by atomic mass is 10.2. The van der Waals surface area contributed by atoms with Gasteiger partial charge in [-0.25, -0.2) is 8.42 Å². The number of sulfonamides is 1. The second kappa shape index (κ2) is 11.3. The molecule has 0 aromatic heterocycles. The van der Waals surface area contributed by atoms with E-state index >= 15 is 0 Å². The smallest absolute Gasteiger partial charge is 0.508 e.